The second kappa shape index (κ2) is 6.18. The van der Waals surface area contributed by atoms with Crippen molar-refractivity contribution in [2.75, 3.05) is 39.3 Å². The molecule has 3 atom stereocenters. The van der Waals surface area contributed by atoms with Crippen LogP contribution in [0.2, 0.25) is 0 Å². The number of carbonyl (C=O) groups is 1. The number of nitrogens with one attached hydrogen (secondary N) is 1. The van der Waals surface area contributed by atoms with Gasteiger partial charge in [0, 0.05) is 76.1 Å². The van der Waals surface area contributed by atoms with E-state index in [2.05, 4.69) is 50.5 Å². The van der Waals surface area contributed by atoms with Gasteiger partial charge < -0.3 is 19.7 Å². The van der Waals surface area contributed by atoms with Crippen molar-refractivity contribution in [1.82, 2.24) is 29.3 Å². The van der Waals surface area contributed by atoms with Gasteiger partial charge in [-0.2, -0.15) is 5.10 Å². The fourth-order valence-electron chi connectivity index (χ4n) is 6.00. The second-order valence-corrected chi connectivity index (χ2v) is 8.94. The van der Waals surface area contributed by atoms with Crippen molar-refractivity contribution in [3.8, 4) is 0 Å². The first-order chi connectivity index (χ1) is 14.1. The highest BCUT2D eigenvalue weighted by Gasteiger charge is 2.55. The Morgan fingerprint density at radius 2 is 1.83 bits per heavy atom. The molecule has 1 amide bonds. The molecular formula is C22H26N6O. The fourth-order valence-corrected chi connectivity index (χ4v) is 6.00. The van der Waals surface area contributed by atoms with E-state index in [1.54, 1.807) is 10.7 Å². The molecule has 4 aliphatic rings. The molecule has 7 rings (SSSR count). The number of piperidine rings is 2. The number of carbonyl (C=O) groups excluding carboxylic acids is 1. The third-order valence-electron chi connectivity index (χ3n) is 7.21. The molecule has 4 aliphatic heterocycles. The van der Waals surface area contributed by atoms with Gasteiger partial charge in [0.1, 0.15) is 11.2 Å². The van der Waals surface area contributed by atoms with E-state index in [0.29, 0.717) is 11.5 Å². The third kappa shape index (κ3) is 2.50. The molecule has 4 bridgehead atoms. The van der Waals surface area contributed by atoms with E-state index in [4.69, 9.17) is 0 Å². The average molecular weight is 390 g/mol. The highest BCUT2D eigenvalue weighted by molar-refractivity contribution is 6.00. The van der Waals surface area contributed by atoms with E-state index in [0.717, 1.165) is 44.9 Å². The molecule has 1 N–H and O–H groups in total. The van der Waals surface area contributed by atoms with E-state index in [1.807, 2.05) is 24.0 Å². The molecule has 1 aromatic carbocycles. The first-order valence-corrected chi connectivity index (χ1v) is 10.4. The van der Waals surface area contributed by atoms with Crippen molar-refractivity contribution >= 4 is 11.6 Å². The van der Waals surface area contributed by atoms with E-state index in [-0.39, 0.29) is 17.4 Å². The molecule has 2 aromatic heterocycles. The van der Waals surface area contributed by atoms with Crippen LogP contribution in [0.15, 0.2) is 48.9 Å². The molecule has 0 saturated carbocycles. The van der Waals surface area contributed by atoms with E-state index in [1.165, 1.54) is 5.56 Å². The summed E-state index contributed by atoms with van der Waals surface area (Å²) in [5.41, 5.74) is 2.75. The maximum atomic E-state index is 13.4. The Morgan fingerprint density at radius 3 is 2.55 bits per heavy atom. The Labute approximate surface area is 169 Å². The Bertz CT molecular complexity index is 1050. The first-order valence-electron chi connectivity index (χ1n) is 10.4. The van der Waals surface area contributed by atoms with Crippen molar-refractivity contribution < 1.29 is 4.79 Å². The SMILES string of the molecule is Cn1ccn2ncc(C(=O)NC3C4CN5CCN(C4)CC3(c3ccccc3)C5)c12. The lowest BCUT2D eigenvalue weighted by atomic mass is 9.64. The zero-order valence-corrected chi connectivity index (χ0v) is 16.7. The van der Waals surface area contributed by atoms with Crippen LogP contribution < -0.4 is 5.32 Å². The zero-order chi connectivity index (χ0) is 19.6. The molecule has 4 saturated heterocycles. The molecule has 4 fully saturated rings. The minimum Gasteiger partial charge on any atom is -0.348 e. The topological polar surface area (TPSA) is 57.8 Å². The standard InChI is InChI=1S/C22H26N6O/c1-25-7-10-28-21(25)18(11-23-28)20(29)24-19-16-12-26-8-9-27(13-16)15-22(19,14-26)17-5-3-2-4-6-17/h2-7,10-11,16,19H,8-9,12-15H2,1H3,(H,24,29). The highest BCUT2D eigenvalue weighted by Crippen LogP contribution is 2.43. The summed E-state index contributed by atoms with van der Waals surface area (Å²) in [6, 6.07) is 10.9. The van der Waals surface area contributed by atoms with E-state index in [9.17, 15) is 4.79 Å². The van der Waals surface area contributed by atoms with Gasteiger partial charge in [-0.05, 0) is 5.56 Å². The molecule has 7 heteroatoms. The van der Waals surface area contributed by atoms with Gasteiger partial charge in [0.15, 0.2) is 0 Å². The van der Waals surface area contributed by atoms with Crippen LogP contribution in [0.1, 0.15) is 15.9 Å². The van der Waals surface area contributed by atoms with Crippen molar-refractivity contribution in [2.24, 2.45) is 13.0 Å². The van der Waals surface area contributed by atoms with Crippen LogP contribution in [0.5, 0.6) is 0 Å². The lowest BCUT2D eigenvalue weighted by Crippen LogP contribution is -2.70. The average Bonchev–Trinajstić information content (AvgIpc) is 3.21. The Balaban J connectivity index is 1.41. The lowest BCUT2D eigenvalue weighted by Gasteiger charge is -2.55. The van der Waals surface area contributed by atoms with E-state index < -0.39 is 0 Å². The third-order valence-corrected chi connectivity index (χ3v) is 7.21. The Morgan fingerprint density at radius 1 is 1.10 bits per heavy atom. The van der Waals surface area contributed by atoms with Crippen LogP contribution in [0, 0.1) is 5.92 Å². The summed E-state index contributed by atoms with van der Waals surface area (Å²) in [5, 5.41) is 7.84. The number of aryl methyl sites for hydroxylation is 1. The predicted octanol–water partition coefficient (Wildman–Crippen LogP) is 0.970. The monoisotopic (exact) mass is 390 g/mol. The quantitative estimate of drug-likeness (QED) is 0.724. The number of fused-ring (bicyclic) bond motifs is 2. The summed E-state index contributed by atoms with van der Waals surface area (Å²) in [7, 11) is 1.95. The number of benzene rings is 1. The minimum absolute atomic E-state index is 0.0155. The molecule has 0 radical (unpaired) electrons. The van der Waals surface area contributed by atoms with Crippen molar-refractivity contribution in [1.29, 1.82) is 0 Å². The summed E-state index contributed by atoms with van der Waals surface area (Å²) in [6.07, 6.45) is 5.50. The number of hydrogen-bond acceptors (Lipinski definition) is 4. The van der Waals surface area contributed by atoms with Crippen molar-refractivity contribution in [2.45, 2.75) is 11.5 Å². The van der Waals surface area contributed by atoms with E-state index >= 15 is 0 Å². The predicted molar refractivity (Wildman–Crippen MR) is 110 cm³/mol. The normalized spacial score (nSPS) is 33.1. The summed E-state index contributed by atoms with van der Waals surface area (Å²) >= 11 is 0. The molecule has 3 unspecified atom stereocenters. The Hall–Kier alpha value is -2.64. The van der Waals surface area contributed by atoms with Gasteiger partial charge in [0.25, 0.3) is 5.91 Å². The van der Waals surface area contributed by atoms with Gasteiger partial charge in [0.2, 0.25) is 0 Å². The zero-order valence-electron chi connectivity index (χ0n) is 16.7. The van der Waals surface area contributed by atoms with Crippen LogP contribution in [0.3, 0.4) is 0 Å². The molecule has 3 aromatic rings. The summed E-state index contributed by atoms with van der Waals surface area (Å²) in [5.74, 6) is 0.418. The van der Waals surface area contributed by atoms with Crippen molar-refractivity contribution in [3.05, 3.63) is 60.0 Å². The Kier molecular flexibility index (Phi) is 3.67. The van der Waals surface area contributed by atoms with Gasteiger partial charge in [-0.1, -0.05) is 30.3 Å². The molecule has 0 spiro atoms. The van der Waals surface area contributed by atoms with Gasteiger partial charge in [-0.3, -0.25) is 4.79 Å². The molecule has 29 heavy (non-hydrogen) atoms. The maximum absolute atomic E-state index is 13.4. The highest BCUT2D eigenvalue weighted by atomic mass is 16.1. The van der Waals surface area contributed by atoms with Crippen LogP contribution in [0.25, 0.3) is 5.65 Å². The van der Waals surface area contributed by atoms with Crippen LogP contribution in [-0.2, 0) is 12.5 Å². The summed E-state index contributed by atoms with van der Waals surface area (Å²) in [4.78, 5) is 18.6. The van der Waals surface area contributed by atoms with Crippen LogP contribution in [-0.4, -0.2) is 75.2 Å². The summed E-state index contributed by atoms with van der Waals surface area (Å²) < 4.78 is 3.72. The number of rotatable bonds is 3. The number of nitrogens with zero attached hydrogens (tertiary/aromatic N) is 5. The molecular weight excluding hydrogens is 364 g/mol. The van der Waals surface area contributed by atoms with Crippen LogP contribution >= 0.6 is 0 Å². The first kappa shape index (κ1) is 17.2. The minimum atomic E-state index is -0.0743. The van der Waals surface area contributed by atoms with Gasteiger partial charge in [-0.25, -0.2) is 4.52 Å². The molecule has 0 aliphatic carbocycles. The number of hydrogen-bond donors (Lipinski definition) is 1. The molecule has 7 nitrogen and oxygen atoms in total. The number of aromatic nitrogens is 3. The van der Waals surface area contributed by atoms with Gasteiger partial charge in [-0.15, -0.1) is 0 Å². The fraction of sp³-hybridized carbons (Fsp3) is 0.455. The largest absolute Gasteiger partial charge is 0.348 e. The van der Waals surface area contributed by atoms with Gasteiger partial charge >= 0.3 is 0 Å². The molecule has 6 heterocycles. The number of imidazole rings is 1. The smallest absolute Gasteiger partial charge is 0.256 e. The second-order valence-electron chi connectivity index (χ2n) is 8.94. The molecule has 150 valence electrons. The van der Waals surface area contributed by atoms with Gasteiger partial charge in [0.05, 0.1) is 6.20 Å². The lowest BCUT2D eigenvalue weighted by molar-refractivity contribution is 0.0181. The summed E-state index contributed by atoms with van der Waals surface area (Å²) in [6.45, 7) is 6.37. The van der Waals surface area contributed by atoms with Crippen molar-refractivity contribution in [3.63, 3.8) is 0 Å². The maximum Gasteiger partial charge on any atom is 0.256 e. The number of amides is 1. The van der Waals surface area contributed by atoms with Crippen LogP contribution in [0.4, 0.5) is 0 Å².